The average molecular weight is 199 g/mol. The quantitative estimate of drug-likeness (QED) is 0.623. The van der Waals surface area contributed by atoms with Crippen LogP contribution in [-0.2, 0) is 11.8 Å². The zero-order valence-corrected chi connectivity index (χ0v) is 8.08. The number of carboxylic acids is 1. The van der Waals surface area contributed by atoms with Crippen LogP contribution in [0.3, 0.4) is 0 Å². The van der Waals surface area contributed by atoms with Gasteiger partial charge in [-0.2, -0.15) is 0 Å². The van der Waals surface area contributed by atoms with Crippen molar-refractivity contribution in [3.63, 3.8) is 0 Å². The number of hydrogen-bond donors (Lipinski definition) is 2. The second kappa shape index (κ2) is 4.05. The minimum absolute atomic E-state index is 0.196. The number of nitrogens with two attached hydrogens (primary N) is 1. The smallest absolute Gasteiger partial charge is 0.322 e. The molecule has 1 aromatic rings. The molecule has 1 atom stereocenters. The predicted octanol–water partition coefficient (Wildman–Crippen LogP) is -1.34. The SMILES string of the molecule is CN(CC(N)C(=O)O)c1nncn1C. The number of nitrogens with zero attached hydrogens (tertiary/aromatic N) is 4. The van der Waals surface area contributed by atoms with Gasteiger partial charge in [-0.1, -0.05) is 0 Å². The van der Waals surface area contributed by atoms with Gasteiger partial charge in [0, 0.05) is 20.6 Å². The molecule has 0 aliphatic carbocycles. The first kappa shape index (κ1) is 10.5. The van der Waals surface area contributed by atoms with Crippen LogP contribution in [-0.4, -0.2) is 45.5 Å². The first-order valence-electron chi connectivity index (χ1n) is 4.06. The van der Waals surface area contributed by atoms with Gasteiger partial charge in [-0.05, 0) is 0 Å². The lowest BCUT2D eigenvalue weighted by Crippen LogP contribution is -2.41. The fraction of sp³-hybridized carbons (Fsp3) is 0.571. The fourth-order valence-electron chi connectivity index (χ4n) is 1.08. The molecule has 7 nitrogen and oxygen atoms in total. The molecule has 7 heteroatoms. The monoisotopic (exact) mass is 199 g/mol. The number of rotatable bonds is 4. The summed E-state index contributed by atoms with van der Waals surface area (Å²) >= 11 is 0. The van der Waals surface area contributed by atoms with E-state index >= 15 is 0 Å². The van der Waals surface area contributed by atoms with Crippen molar-refractivity contribution in [2.24, 2.45) is 12.8 Å². The molecule has 14 heavy (non-hydrogen) atoms. The molecule has 1 aromatic heterocycles. The largest absolute Gasteiger partial charge is 0.480 e. The maximum atomic E-state index is 10.5. The zero-order valence-electron chi connectivity index (χ0n) is 8.08. The zero-order chi connectivity index (χ0) is 10.7. The molecule has 0 spiro atoms. The molecule has 1 unspecified atom stereocenters. The fourth-order valence-corrected chi connectivity index (χ4v) is 1.08. The summed E-state index contributed by atoms with van der Waals surface area (Å²) < 4.78 is 1.69. The van der Waals surface area contributed by atoms with Crippen molar-refractivity contribution >= 4 is 11.9 Å². The summed E-state index contributed by atoms with van der Waals surface area (Å²) in [5.41, 5.74) is 5.37. The highest BCUT2D eigenvalue weighted by Crippen LogP contribution is 2.05. The highest BCUT2D eigenvalue weighted by molar-refractivity contribution is 5.73. The maximum absolute atomic E-state index is 10.5. The van der Waals surface area contributed by atoms with Crippen LogP contribution in [0, 0.1) is 0 Å². The standard InChI is InChI=1S/C7H13N5O2/c1-11(3-5(8)6(13)14)7-10-9-4-12(7)2/h4-5H,3,8H2,1-2H3,(H,13,14). The highest BCUT2D eigenvalue weighted by atomic mass is 16.4. The topological polar surface area (TPSA) is 97.3 Å². The first-order chi connectivity index (χ1) is 6.52. The van der Waals surface area contributed by atoms with Gasteiger partial charge in [-0.25, -0.2) is 0 Å². The lowest BCUT2D eigenvalue weighted by Gasteiger charge is -2.19. The molecule has 0 aliphatic heterocycles. The summed E-state index contributed by atoms with van der Waals surface area (Å²) in [6.45, 7) is 0.196. The van der Waals surface area contributed by atoms with E-state index in [9.17, 15) is 4.79 Å². The Hall–Kier alpha value is -1.63. The predicted molar refractivity (Wildman–Crippen MR) is 49.9 cm³/mol. The average Bonchev–Trinajstić information content (AvgIpc) is 2.51. The van der Waals surface area contributed by atoms with Gasteiger partial charge in [0.1, 0.15) is 12.4 Å². The summed E-state index contributed by atoms with van der Waals surface area (Å²) in [6, 6.07) is -0.920. The van der Waals surface area contributed by atoms with Crippen molar-refractivity contribution in [2.45, 2.75) is 6.04 Å². The van der Waals surface area contributed by atoms with Crippen LogP contribution < -0.4 is 10.6 Å². The van der Waals surface area contributed by atoms with Crippen LogP contribution in [0.15, 0.2) is 6.33 Å². The van der Waals surface area contributed by atoms with Crippen molar-refractivity contribution in [1.29, 1.82) is 0 Å². The third-order valence-electron chi connectivity index (χ3n) is 1.82. The molecular formula is C7H13N5O2. The van der Waals surface area contributed by atoms with E-state index in [1.165, 1.54) is 6.33 Å². The normalized spacial score (nSPS) is 12.5. The summed E-state index contributed by atoms with van der Waals surface area (Å²) in [6.07, 6.45) is 1.54. The Balaban J connectivity index is 2.63. The van der Waals surface area contributed by atoms with Gasteiger partial charge in [-0.15, -0.1) is 10.2 Å². The van der Waals surface area contributed by atoms with E-state index in [1.54, 1.807) is 23.6 Å². The van der Waals surface area contributed by atoms with E-state index in [1.807, 2.05) is 0 Å². The highest BCUT2D eigenvalue weighted by Gasteiger charge is 2.16. The number of likely N-dealkylation sites (N-methyl/N-ethyl adjacent to an activating group) is 1. The minimum atomic E-state index is -1.03. The second-order valence-corrected chi connectivity index (χ2v) is 3.07. The van der Waals surface area contributed by atoms with Crippen molar-refractivity contribution in [3.05, 3.63) is 6.33 Å². The Morgan fingerprint density at radius 2 is 2.50 bits per heavy atom. The Bertz CT molecular complexity index is 324. The first-order valence-corrected chi connectivity index (χ1v) is 4.06. The van der Waals surface area contributed by atoms with Crippen molar-refractivity contribution in [2.75, 3.05) is 18.5 Å². The second-order valence-electron chi connectivity index (χ2n) is 3.07. The van der Waals surface area contributed by atoms with E-state index in [0.29, 0.717) is 5.95 Å². The summed E-state index contributed by atoms with van der Waals surface area (Å²) in [4.78, 5) is 12.1. The summed E-state index contributed by atoms with van der Waals surface area (Å²) in [5, 5.41) is 16.1. The third-order valence-corrected chi connectivity index (χ3v) is 1.82. The van der Waals surface area contributed by atoms with E-state index < -0.39 is 12.0 Å². The van der Waals surface area contributed by atoms with Gasteiger partial charge >= 0.3 is 5.97 Å². The Labute approximate surface area is 81.1 Å². The van der Waals surface area contributed by atoms with Gasteiger partial charge in [0.25, 0.3) is 0 Å². The van der Waals surface area contributed by atoms with E-state index in [-0.39, 0.29) is 6.54 Å². The molecular weight excluding hydrogens is 186 g/mol. The number of aryl methyl sites for hydroxylation is 1. The number of carbonyl (C=O) groups is 1. The molecule has 0 fully saturated rings. The van der Waals surface area contributed by atoms with Gasteiger partial charge < -0.3 is 20.3 Å². The molecule has 1 heterocycles. The van der Waals surface area contributed by atoms with Crippen molar-refractivity contribution in [3.8, 4) is 0 Å². The number of carboxylic acid groups (broad SMARTS) is 1. The van der Waals surface area contributed by atoms with Gasteiger partial charge in [0.15, 0.2) is 0 Å². The minimum Gasteiger partial charge on any atom is -0.480 e. The molecule has 3 N–H and O–H groups in total. The van der Waals surface area contributed by atoms with E-state index in [0.717, 1.165) is 0 Å². The van der Waals surface area contributed by atoms with Crippen LogP contribution in [0.1, 0.15) is 0 Å². The van der Waals surface area contributed by atoms with Crippen molar-refractivity contribution < 1.29 is 9.90 Å². The number of aliphatic carboxylic acids is 1. The third kappa shape index (κ3) is 2.19. The van der Waals surface area contributed by atoms with Gasteiger partial charge in [-0.3, -0.25) is 4.79 Å². The van der Waals surface area contributed by atoms with Crippen molar-refractivity contribution in [1.82, 2.24) is 14.8 Å². The molecule has 0 saturated carbocycles. The van der Waals surface area contributed by atoms with Crippen LogP contribution in [0.5, 0.6) is 0 Å². The van der Waals surface area contributed by atoms with Crippen LogP contribution >= 0.6 is 0 Å². The lowest BCUT2D eigenvalue weighted by atomic mass is 10.3. The number of anilines is 1. The molecule has 0 saturated heterocycles. The van der Waals surface area contributed by atoms with E-state index in [4.69, 9.17) is 10.8 Å². The molecule has 0 radical (unpaired) electrons. The number of hydrogen-bond acceptors (Lipinski definition) is 5. The maximum Gasteiger partial charge on any atom is 0.322 e. The molecule has 0 aliphatic rings. The van der Waals surface area contributed by atoms with Crippen LogP contribution in [0.4, 0.5) is 5.95 Å². The molecule has 0 aromatic carbocycles. The summed E-state index contributed by atoms with van der Waals surface area (Å²) in [7, 11) is 3.49. The summed E-state index contributed by atoms with van der Waals surface area (Å²) in [5.74, 6) is -0.444. The lowest BCUT2D eigenvalue weighted by molar-refractivity contribution is -0.138. The van der Waals surface area contributed by atoms with Crippen LogP contribution in [0.25, 0.3) is 0 Å². The van der Waals surface area contributed by atoms with Gasteiger partial charge in [0.2, 0.25) is 5.95 Å². The van der Waals surface area contributed by atoms with Gasteiger partial charge in [0.05, 0.1) is 0 Å². The Morgan fingerprint density at radius 3 is 2.93 bits per heavy atom. The Morgan fingerprint density at radius 1 is 1.86 bits per heavy atom. The molecule has 78 valence electrons. The number of aromatic nitrogens is 3. The Kier molecular flexibility index (Phi) is 3.03. The molecule has 0 amide bonds. The molecule has 0 bridgehead atoms. The molecule has 1 rings (SSSR count). The van der Waals surface area contributed by atoms with E-state index in [2.05, 4.69) is 10.2 Å². The van der Waals surface area contributed by atoms with Crippen LogP contribution in [0.2, 0.25) is 0 Å².